The van der Waals surface area contributed by atoms with Gasteiger partial charge in [-0.25, -0.2) is 8.42 Å². The monoisotopic (exact) mass is 338 g/mol. The SMILES string of the molecule is Cc1ccc(CN(C)C(=O)[C@H]2CCCCN2S(C)(=O)=O)c(C)c1. The smallest absolute Gasteiger partial charge is 0.241 e. The van der Waals surface area contributed by atoms with E-state index in [9.17, 15) is 13.2 Å². The van der Waals surface area contributed by atoms with Gasteiger partial charge in [-0.3, -0.25) is 4.79 Å². The summed E-state index contributed by atoms with van der Waals surface area (Å²) in [6.45, 7) is 5.01. The van der Waals surface area contributed by atoms with Crippen molar-refractivity contribution < 1.29 is 13.2 Å². The van der Waals surface area contributed by atoms with Crippen LogP contribution in [-0.4, -0.2) is 49.4 Å². The van der Waals surface area contributed by atoms with Crippen molar-refractivity contribution in [2.24, 2.45) is 0 Å². The maximum Gasteiger partial charge on any atom is 0.241 e. The van der Waals surface area contributed by atoms with Crippen LogP contribution in [0.4, 0.5) is 0 Å². The van der Waals surface area contributed by atoms with Crippen LogP contribution < -0.4 is 0 Å². The van der Waals surface area contributed by atoms with Gasteiger partial charge in [-0.1, -0.05) is 30.2 Å². The van der Waals surface area contributed by atoms with Crippen molar-refractivity contribution in [3.05, 3.63) is 34.9 Å². The maximum absolute atomic E-state index is 12.8. The zero-order valence-corrected chi connectivity index (χ0v) is 15.2. The summed E-state index contributed by atoms with van der Waals surface area (Å²) in [4.78, 5) is 14.4. The first-order valence-electron chi connectivity index (χ1n) is 7.98. The Hall–Kier alpha value is -1.40. The third-order valence-corrected chi connectivity index (χ3v) is 5.74. The number of amides is 1. The van der Waals surface area contributed by atoms with E-state index < -0.39 is 16.1 Å². The standard InChI is InChI=1S/C17H26N2O3S/c1-13-8-9-15(14(2)11-13)12-18(3)17(20)16-7-5-6-10-19(16)23(4,21)22/h8-9,11,16H,5-7,10,12H2,1-4H3/t16-/m1/s1. The number of hydrogen-bond acceptors (Lipinski definition) is 3. The third-order valence-electron chi connectivity index (χ3n) is 4.45. The number of carbonyl (C=O) groups excluding carboxylic acids is 1. The zero-order chi connectivity index (χ0) is 17.2. The number of piperidine rings is 1. The van der Waals surface area contributed by atoms with Crippen LogP contribution in [-0.2, 0) is 21.4 Å². The Morgan fingerprint density at radius 1 is 1.30 bits per heavy atom. The number of sulfonamides is 1. The molecule has 0 bridgehead atoms. The highest BCUT2D eigenvalue weighted by Gasteiger charge is 2.35. The van der Waals surface area contributed by atoms with Gasteiger partial charge in [0, 0.05) is 20.1 Å². The van der Waals surface area contributed by atoms with Crippen molar-refractivity contribution in [1.82, 2.24) is 9.21 Å². The van der Waals surface area contributed by atoms with Crippen LogP contribution in [0.1, 0.15) is 36.0 Å². The molecule has 1 aliphatic rings. The molecule has 5 nitrogen and oxygen atoms in total. The van der Waals surface area contributed by atoms with Gasteiger partial charge in [0.2, 0.25) is 15.9 Å². The predicted octanol–water partition coefficient (Wildman–Crippen LogP) is 2.08. The first-order chi connectivity index (χ1) is 10.7. The van der Waals surface area contributed by atoms with Crippen molar-refractivity contribution in [3.8, 4) is 0 Å². The lowest BCUT2D eigenvalue weighted by Crippen LogP contribution is -2.51. The van der Waals surface area contributed by atoms with Crippen LogP contribution in [0, 0.1) is 13.8 Å². The fourth-order valence-corrected chi connectivity index (χ4v) is 4.28. The average Bonchev–Trinajstić information content (AvgIpc) is 2.48. The lowest BCUT2D eigenvalue weighted by molar-refractivity contribution is -0.135. The Balaban J connectivity index is 2.14. The molecule has 0 N–H and O–H groups in total. The van der Waals surface area contributed by atoms with Crippen LogP contribution in [0.15, 0.2) is 18.2 Å². The van der Waals surface area contributed by atoms with Crippen molar-refractivity contribution >= 4 is 15.9 Å². The van der Waals surface area contributed by atoms with Crippen LogP contribution in [0.5, 0.6) is 0 Å². The Labute approximate surface area is 139 Å². The van der Waals surface area contributed by atoms with Crippen LogP contribution in [0.2, 0.25) is 0 Å². The largest absolute Gasteiger partial charge is 0.340 e. The molecule has 128 valence electrons. The highest BCUT2D eigenvalue weighted by Crippen LogP contribution is 2.22. The minimum Gasteiger partial charge on any atom is -0.340 e. The summed E-state index contributed by atoms with van der Waals surface area (Å²) in [6, 6.07) is 5.60. The van der Waals surface area contributed by atoms with E-state index in [0.717, 1.165) is 24.0 Å². The highest BCUT2D eigenvalue weighted by atomic mass is 32.2. The predicted molar refractivity (Wildman–Crippen MR) is 91.6 cm³/mol. The van der Waals surface area contributed by atoms with Gasteiger partial charge in [0.1, 0.15) is 6.04 Å². The van der Waals surface area contributed by atoms with Gasteiger partial charge in [0.15, 0.2) is 0 Å². The van der Waals surface area contributed by atoms with E-state index >= 15 is 0 Å². The van der Waals surface area contributed by atoms with E-state index in [-0.39, 0.29) is 5.91 Å². The van der Waals surface area contributed by atoms with E-state index in [1.807, 2.05) is 26.0 Å². The minimum absolute atomic E-state index is 0.116. The van der Waals surface area contributed by atoms with Crippen LogP contribution in [0.25, 0.3) is 0 Å². The van der Waals surface area contributed by atoms with E-state index in [4.69, 9.17) is 0 Å². The summed E-state index contributed by atoms with van der Waals surface area (Å²) in [7, 11) is -1.61. The molecule has 0 radical (unpaired) electrons. The molecular weight excluding hydrogens is 312 g/mol. The molecule has 1 amide bonds. The fraction of sp³-hybridized carbons (Fsp3) is 0.588. The molecule has 0 unspecified atom stereocenters. The van der Waals surface area contributed by atoms with Crippen molar-refractivity contribution in [2.45, 2.75) is 45.7 Å². The fourth-order valence-electron chi connectivity index (χ4n) is 3.16. The summed E-state index contributed by atoms with van der Waals surface area (Å²) >= 11 is 0. The summed E-state index contributed by atoms with van der Waals surface area (Å²) in [6.07, 6.45) is 3.49. The molecule has 0 saturated carbocycles. The van der Waals surface area contributed by atoms with Gasteiger partial charge in [0.25, 0.3) is 0 Å². The second-order valence-corrected chi connectivity index (χ2v) is 8.44. The Morgan fingerprint density at radius 2 is 2.00 bits per heavy atom. The summed E-state index contributed by atoms with van der Waals surface area (Å²) < 4.78 is 25.2. The van der Waals surface area contributed by atoms with Gasteiger partial charge >= 0.3 is 0 Å². The Kier molecular flexibility index (Phi) is 5.47. The molecule has 1 atom stereocenters. The highest BCUT2D eigenvalue weighted by molar-refractivity contribution is 7.88. The summed E-state index contributed by atoms with van der Waals surface area (Å²) in [5.74, 6) is -0.116. The number of hydrogen-bond donors (Lipinski definition) is 0. The van der Waals surface area contributed by atoms with Gasteiger partial charge in [-0.2, -0.15) is 4.31 Å². The van der Waals surface area contributed by atoms with Crippen LogP contribution >= 0.6 is 0 Å². The number of rotatable bonds is 4. The summed E-state index contributed by atoms with van der Waals surface area (Å²) in [5, 5.41) is 0. The third kappa shape index (κ3) is 4.32. The molecule has 1 aliphatic heterocycles. The van der Waals surface area contributed by atoms with E-state index in [1.54, 1.807) is 11.9 Å². The Morgan fingerprint density at radius 3 is 2.61 bits per heavy atom. The van der Waals surface area contributed by atoms with Gasteiger partial charge in [-0.05, 0) is 37.8 Å². The number of benzene rings is 1. The molecule has 0 aliphatic carbocycles. The van der Waals surface area contributed by atoms with E-state index in [0.29, 0.717) is 19.5 Å². The van der Waals surface area contributed by atoms with E-state index in [2.05, 4.69) is 6.07 Å². The molecule has 1 fully saturated rings. The van der Waals surface area contributed by atoms with Crippen LogP contribution in [0.3, 0.4) is 0 Å². The maximum atomic E-state index is 12.8. The first-order valence-corrected chi connectivity index (χ1v) is 9.83. The molecule has 1 aromatic carbocycles. The van der Waals surface area contributed by atoms with Gasteiger partial charge in [-0.15, -0.1) is 0 Å². The molecule has 1 aromatic rings. The Bertz CT molecular complexity index is 685. The lowest BCUT2D eigenvalue weighted by atomic mass is 10.0. The van der Waals surface area contributed by atoms with E-state index in [1.165, 1.54) is 16.1 Å². The molecule has 23 heavy (non-hydrogen) atoms. The number of nitrogens with zero attached hydrogens (tertiary/aromatic N) is 2. The normalized spacial score (nSPS) is 19.6. The van der Waals surface area contributed by atoms with Crippen molar-refractivity contribution in [2.75, 3.05) is 19.8 Å². The van der Waals surface area contributed by atoms with Crippen molar-refractivity contribution in [3.63, 3.8) is 0 Å². The molecule has 6 heteroatoms. The molecule has 0 spiro atoms. The second-order valence-electron chi connectivity index (χ2n) is 6.51. The molecule has 2 rings (SSSR count). The first kappa shape index (κ1) is 17.9. The molecule has 1 heterocycles. The lowest BCUT2D eigenvalue weighted by Gasteiger charge is -2.35. The summed E-state index contributed by atoms with van der Waals surface area (Å²) in [5.41, 5.74) is 3.43. The van der Waals surface area contributed by atoms with Gasteiger partial charge in [0.05, 0.1) is 6.26 Å². The average molecular weight is 338 g/mol. The molecule has 1 saturated heterocycles. The quantitative estimate of drug-likeness (QED) is 0.844. The van der Waals surface area contributed by atoms with Crippen molar-refractivity contribution in [1.29, 1.82) is 0 Å². The second kappa shape index (κ2) is 7.01. The number of likely N-dealkylation sites (N-methyl/N-ethyl adjacent to an activating group) is 1. The van der Waals surface area contributed by atoms with Gasteiger partial charge < -0.3 is 4.90 Å². The molecule has 0 aromatic heterocycles. The topological polar surface area (TPSA) is 57.7 Å². The zero-order valence-electron chi connectivity index (χ0n) is 14.4. The number of carbonyl (C=O) groups is 1. The minimum atomic E-state index is -3.35. The molecular formula is C17H26N2O3S. The number of aryl methyl sites for hydroxylation is 2.